The van der Waals surface area contributed by atoms with Gasteiger partial charge in [-0.2, -0.15) is 4.98 Å². The number of hydrogen-bond donors (Lipinski definition) is 0. The van der Waals surface area contributed by atoms with E-state index in [-0.39, 0.29) is 6.04 Å². The maximum atomic E-state index is 6.07. The predicted octanol–water partition coefficient (Wildman–Crippen LogP) is 4.95. The zero-order valence-corrected chi connectivity index (χ0v) is 18.5. The fraction of sp³-hybridized carbons (Fsp3) is 0.263. The van der Waals surface area contributed by atoms with Crippen molar-refractivity contribution in [2.45, 2.75) is 23.9 Å². The zero-order valence-electron chi connectivity index (χ0n) is 16.1. The molecule has 0 fully saturated rings. The van der Waals surface area contributed by atoms with Crippen molar-refractivity contribution >= 4 is 34.7 Å². The van der Waals surface area contributed by atoms with Crippen molar-refractivity contribution in [1.82, 2.24) is 29.8 Å². The van der Waals surface area contributed by atoms with Gasteiger partial charge in [-0.1, -0.05) is 34.6 Å². The summed E-state index contributed by atoms with van der Waals surface area (Å²) in [6.45, 7) is 2.09. The molecule has 0 aliphatic carbocycles. The van der Waals surface area contributed by atoms with Gasteiger partial charge in [0.1, 0.15) is 0 Å². The molecule has 0 aliphatic rings. The van der Waals surface area contributed by atoms with Crippen LogP contribution >= 0.6 is 34.7 Å². The molecule has 10 heteroatoms. The molecule has 4 aromatic rings. The molecule has 3 aromatic heterocycles. The van der Waals surface area contributed by atoms with Gasteiger partial charge < -0.3 is 4.52 Å². The molecule has 0 bridgehead atoms. The number of hydrogen-bond acceptors (Lipinski definition) is 8. The van der Waals surface area contributed by atoms with E-state index >= 15 is 0 Å². The number of thioether (sulfide) groups is 1. The molecule has 4 rings (SSSR count). The maximum absolute atomic E-state index is 6.07. The third-order valence-electron chi connectivity index (χ3n) is 4.43. The molecule has 1 aromatic carbocycles. The molecule has 0 aliphatic heterocycles. The van der Waals surface area contributed by atoms with Gasteiger partial charge in [-0.3, -0.25) is 9.47 Å². The van der Waals surface area contributed by atoms with Crippen LogP contribution in [0.25, 0.3) is 16.4 Å². The van der Waals surface area contributed by atoms with Crippen molar-refractivity contribution < 1.29 is 4.52 Å². The van der Waals surface area contributed by atoms with Crippen molar-refractivity contribution in [2.75, 3.05) is 14.1 Å². The summed E-state index contributed by atoms with van der Waals surface area (Å²) in [5, 5.41) is 16.4. The third-order valence-corrected chi connectivity index (χ3v) is 6.46. The summed E-state index contributed by atoms with van der Waals surface area (Å²) in [5.74, 6) is 2.51. The van der Waals surface area contributed by atoms with Crippen molar-refractivity contribution in [3.05, 3.63) is 58.5 Å². The molecule has 1 atom stereocenters. The second kappa shape index (κ2) is 8.66. The molecule has 0 saturated heterocycles. The second-order valence-electron chi connectivity index (χ2n) is 6.57. The highest BCUT2D eigenvalue weighted by molar-refractivity contribution is 7.98. The molecule has 0 spiro atoms. The van der Waals surface area contributed by atoms with Crippen LogP contribution in [0.3, 0.4) is 0 Å². The van der Waals surface area contributed by atoms with Gasteiger partial charge in [0.2, 0.25) is 11.7 Å². The average Bonchev–Trinajstić information content (AvgIpc) is 3.46. The molecule has 3 heterocycles. The predicted molar refractivity (Wildman–Crippen MR) is 116 cm³/mol. The summed E-state index contributed by atoms with van der Waals surface area (Å²) < 4.78 is 7.45. The van der Waals surface area contributed by atoms with Crippen molar-refractivity contribution in [2.24, 2.45) is 0 Å². The first-order valence-electron chi connectivity index (χ1n) is 8.90. The Hall–Kier alpha value is -2.20. The molecule has 0 unspecified atom stereocenters. The van der Waals surface area contributed by atoms with E-state index in [1.807, 2.05) is 60.4 Å². The smallest absolute Gasteiger partial charge is 0.237 e. The summed E-state index contributed by atoms with van der Waals surface area (Å²) in [5.41, 5.74) is 0.954. The largest absolute Gasteiger partial charge is 0.338 e. The van der Waals surface area contributed by atoms with Crippen LogP contribution in [0.4, 0.5) is 0 Å². The van der Waals surface area contributed by atoms with Crippen molar-refractivity contribution in [1.29, 1.82) is 0 Å². The lowest BCUT2D eigenvalue weighted by atomic mass is 10.2. The fourth-order valence-corrected chi connectivity index (χ4v) is 4.23. The van der Waals surface area contributed by atoms with E-state index in [2.05, 4.69) is 32.2 Å². The highest BCUT2D eigenvalue weighted by atomic mass is 35.5. The Morgan fingerprint density at radius 1 is 1.21 bits per heavy atom. The van der Waals surface area contributed by atoms with E-state index in [0.717, 1.165) is 21.5 Å². The number of halogens is 1. The lowest BCUT2D eigenvalue weighted by molar-refractivity contribution is 0.305. The minimum absolute atomic E-state index is 0.0846. The molecule has 29 heavy (non-hydrogen) atoms. The summed E-state index contributed by atoms with van der Waals surface area (Å²) in [7, 11) is 4.03. The van der Waals surface area contributed by atoms with Crippen LogP contribution in [0.5, 0.6) is 0 Å². The Bertz CT molecular complexity index is 1070. The Balaban J connectivity index is 1.61. The minimum Gasteiger partial charge on any atom is -0.338 e. The van der Waals surface area contributed by atoms with Gasteiger partial charge in [0, 0.05) is 10.7 Å². The van der Waals surface area contributed by atoms with E-state index in [4.69, 9.17) is 16.1 Å². The number of benzene rings is 1. The van der Waals surface area contributed by atoms with Crippen LogP contribution in [0.2, 0.25) is 5.02 Å². The first kappa shape index (κ1) is 20.1. The highest BCUT2D eigenvalue weighted by Crippen LogP contribution is 2.30. The quantitative estimate of drug-likeness (QED) is 0.372. The maximum Gasteiger partial charge on any atom is 0.237 e. The lowest BCUT2D eigenvalue weighted by Crippen LogP contribution is -2.20. The minimum atomic E-state index is 0.0846. The number of aromatic nitrogens is 5. The molecule has 0 amide bonds. The van der Waals surface area contributed by atoms with Gasteiger partial charge in [-0.25, -0.2) is 0 Å². The second-order valence-corrected chi connectivity index (χ2v) is 8.90. The molecule has 0 N–H and O–H groups in total. The zero-order chi connectivity index (χ0) is 20.4. The lowest BCUT2D eigenvalue weighted by Gasteiger charge is -2.20. The van der Waals surface area contributed by atoms with Crippen molar-refractivity contribution in [3.8, 4) is 16.4 Å². The number of rotatable bonds is 7. The molecular formula is C19H19ClN6OS2. The molecule has 150 valence electrons. The first-order chi connectivity index (χ1) is 14.0. The van der Waals surface area contributed by atoms with Crippen LogP contribution in [-0.4, -0.2) is 43.9 Å². The van der Waals surface area contributed by atoms with Crippen LogP contribution in [-0.2, 0) is 5.75 Å². The third kappa shape index (κ3) is 4.37. The summed E-state index contributed by atoms with van der Waals surface area (Å²) in [6, 6.07) is 11.7. The molecule has 0 radical (unpaired) electrons. The van der Waals surface area contributed by atoms with E-state index < -0.39 is 0 Å². The van der Waals surface area contributed by atoms with Gasteiger partial charge in [0.25, 0.3) is 0 Å². The van der Waals surface area contributed by atoms with E-state index in [1.54, 1.807) is 11.3 Å². The highest BCUT2D eigenvalue weighted by Gasteiger charge is 2.21. The Morgan fingerprint density at radius 2 is 2.00 bits per heavy atom. The number of thiophene rings is 1. The Morgan fingerprint density at radius 3 is 2.69 bits per heavy atom. The Kier molecular flexibility index (Phi) is 6.00. The standard InChI is InChI=1S/C19H19ClN6OS2/c1-12(25(2)3)18-22-23-19(26(18)14-8-6-13(20)7-9-14)29-11-16-21-17(24-27-16)15-5-4-10-28-15/h4-10,12H,11H2,1-3H3/t12-/m0/s1. The number of nitrogens with zero attached hydrogens (tertiary/aromatic N) is 6. The molecule has 0 saturated carbocycles. The molecular weight excluding hydrogens is 428 g/mol. The average molecular weight is 447 g/mol. The normalized spacial score (nSPS) is 12.6. The van der Waals surface area contributed by atoms with Gasteiger partial charge >= 0.3 is 0 Å². The van der Waals surface area contributed by atoms with E-state index in [1.165, 1.54) is 11.8 Å². The van der Waals surface area contributed by atoms with E-state index in [0.29, 0.717) is 22.5 Å². The summed E-state index contributed by atoms with van der Waals surface area (Å²) >= 11 is 9.16. The van der Waals surface area contributed by atoms with Crippen LogP contribution < -0.4 is 0 Å². The van der Waals surface area contributed by atoms with Crippen LogP contribution in [0.15, 0.2) is 51.5 Å². The summed E-state index contributed by atoms with van der Waals surface area (Å²) in [6.07, 6.45) is 0. The first-order valence-corrected chi connectivity index (χ1v) is 11.1. The van der Waals surface area contributed by atoms with Gasteiger partial charge in [0.05, 0.1) is 16.7 Å². The van der Waals surface area contributed by atoms with Crippen molar-refractivity contribution in [3.63, 3.8) is 0 Å². The molecule has 7 nitrogen and oxygen atoms in total. The Labute approximate surface area is 181 Å². The summed E-state index contributed by atoms with van der Waals surface area (Å²) in [4.78, 5) is 7.56. The van der Waals surface area contributed by atoms with Gasteiger partial charge in [-0.15, -0.1) is 21.5 Å². The topological polar surface area (TPSA) is 72.9 Å². The van der Waals surface area contributed by atoms with Gasteiger partial charge in [0.15, 0.2) is 11.0 Å². The van der Waals surface area contributed by atoms with Crippen LogP contribution in [0.1, 0.15) is 24.7 Å². The monoisotopic (exact) mass is 446 g/mol. The van der Waals surface area contributed by atoms with Crippen LogP contribution in [0, 0.1) is 0 Å². The fourth-order valence-electron chi connectivity index (χ4n) is 2.65. The van der Waals surface area contributed by atoms with Gasteiger partial charge in [-0.05, 0) is 56.7 Å². The van der Waals surface area contributed by atoms with E-state index in [9.17, 15) is 0 Å². The SMILES string of the molecule is C[C@@H](c1nnc(SCc2nc(-c3cccs3)no2)n1-c1ccc(Cl)cc1)N(C)C.